The van der Waals surface area contributed by atoms with Gasteiger partial charge in [-0.15, -0.1) is 0 Å². The van der Waals surface area contributed by atoms with Crippen LogP contribution in [0.5, 0.6) is 5.88 Å². The SMILES string of the molecule is COc1cnc(C(=O)Nc2ccc(F)c([C@]3(C)CS(O)(O)[C@](C)(F)C(N)=N3)c2)cn1. The number of rotatable bonds is 4. The minimum atomic E-state index is -3.87. The Morgan fingerprint density at radius 2 is 2.00 bits per heavy atom. The van der Waals surface area contributed by atoms with Gasteiger partial charge in [0.15, 0.2) is 5.84 Å². The summed E-state index contributed by atoms with van der Waals surface area (Å²) in [5.74, 6) is -2.32. The van der Waals surface area contributed by atoms with Gasteiger partial charge in [0.2, 0.25) is 5.88 Å². The summed E-state index contributed by atoms with van der Waals surface area (Å²) < 4.78 is 54.6. The number of amidine groups is 1. The standard InChI is InChI=1S/C18H21F2N5O4S/c1-17(9-30(27,28)18(2,20)16(21)25-17)11-6-10(4-5-12(11)19)24-15(26)13-7-23-14(29-3)8-22-13/h4-8,27-28H,9H2,1-3H3,(H2,21,25)(H,24,26)/t17-,18-/m0/s1. The Labute approximate surface area is 172 Å². The minimum absolute atomic E-state index is 0.00445. The number of hydrogen-bond acceptors (Lipinski definition) is 8. The van der Waals surface area contributed by atoms with Crippen LogP contribution in [0.2, 0.25) is 0 Å². The van der Waals surface area contributed by atoms with Gasteiger partial charge in [0.25, 0.3) is 10.9 Å². The number of nitrogens with zero attached hydrogens (tertiary/aromatic N) is 3. The minimum Gasteiger partial charge on any atom is -0.480 e. The monoisotopic (exact) mass is 441 g/mol. The maximum atomic E-state index is 14.6. The highest BCUT2D eigenvalue weighted by Gasteiger charge is 2.52. The fraction of sp³-hybridized carbons (Fsp3) is 0.333. The number of halogens is 2. The van der Waals surface area contributed by atoms with E-state index in [1.165, 1.54) is 38.6 Å². The average molecular weight is 441 g/mol. The van der Waals surface area contributed by atoms with Crippen molar-refractivity contribution in [2.45, 2.75) is 24.4 Å². The number of nitrogens with two attached hydrogens (primary N) is 1. The molecular formula is C18H21F2N5O4S. The molecule has 0 bridgehead atoms. The Kier molecular flexibility index (Phi) is 5.43. The van der Waals surface area contributed by atoms with Crippen molar-refractivity contribution in [1.82, 2.24) is 9.97 Å². The van der Waals surface area contributed by atoms with Crippen LogP contribution in [0.15, 0.2) is 35.6 Å². The summed E-state index contributed by atoms with van der Waals surface area (Å²) in [6.45, 7) is 2.33. The topological polar surface area (TPSA) is 143 Å². The van der Waals surface area contributed by atoms with Crippen molar-refractivity contribution in [3.05, 3.63) is 47.7 Å². The second-order valence-corrected chi connectivity index (χ2v) is 9.48. The summed E-state index contributed by atoms with van der Waals surface area (Å²) in [7, 11) is -2.47. The molecule has 0 fully saturated rings. The predicted octanol–water partition coefficient (Wildman–Crippen LogP) is 2.90. The molecule has 3 rings (SSSR count). The summed E-state index contributed by atoms with van der Waals surface area (Å²) in [6, 6.07) is 3.66. The van der Waals surface area contributed by atoms with Crippen molar-refractivity contribution in [2.75, 3.05) is 18.2 Å². The molecule has 0 unspecified atom stereocenters. The van der Waals surface area contributed by atoms with Gasteiger partial charge >= 0.3 is 0 Å². The third kappa shape index (κ3) is 3.80. The van der Waals surface area contributed by atoms with Gasteiger partial charge in [0.1, 0.15) is 17.1 Å². The fourth-order valence-electron chi connectivity index (χ4n) is 2.98. The first-order valence-electron chi connectivity index (χ1n) is 8.67. The van der Waals surface area contributed by atoms with E-state index >= 15 is 0 Å². The van der Waals surface area contributed by atoms with Gasteiger partial charge in [-0.3, -0.25) is 18.9 Å². The largest absolute Gasteiger partial charge is 0.480 e. The highest BCUT2D eigenvalue weighted by atomic mass is 32.3. The highest BCUT2D eigenvalue weighted by molar-refractivity contribution is 8.26. The molecular weight excluding hydrogens is 420 g/mol. The third-order valence-electron chi connectivity index (χ3n) is 4.80. The number of aromatic nitrogens is 2. The normalized spacial score (nSPS) is 26.4. The van der Waals surface area contributed by atoms with E-state index in [1.807, 2.05) is 0 Å². The van der Waals surface area contributed by atoms with Gasteiger partial charge in [-0.2, -0.15) is 10.6 Å². The van der Waals surface area contributed by atoms with E-state index in [1.54, 1.807) is 0 Å². The number of amides is 1. The van der Waals surface area contributed by atoms with Crippen molar-refractivity contribution in [2.24, 2.45) is 10.7 Å². The second-order valence-electron chi connectivity index (χ2n) is 7.09. The molecule has 0 spiro atoms. The number of aliphatic imine (C=N–C) groups is 1. The van der Waals surface area contributed by atoms with Crippen LogP contribution in [0, 0.1) is 5.82 Å². The molecule has 12 heteroatoms. The number of carbonyl (C=O) groups excluding carboxylic acids is 1. The molecule has 30 heavy (non-hydrogen) atoms. The maximum absolute atomic E-state index is 14.6. The number of nitrogens with one attached hydrogen (secondary N) is 1. The van der Waals surface area contributed by atoms with E-state index in [9.17, 15) is 22.7 Å². The van der Waals surface area contributed by atoms with Gasteiger partial charge in [-0.25, -0.2) is 18.7 Å². The van der Waals surface area contributed by atoms with Crippen LogP contribution in [0.4, 0.5) is 14.5 Å². The molecule has 2 atom stereocenters. The summed E-state index contributed by atoms with van der Waals surface area (Å²) >= 11 is 0. The van der Waals surface area contributed by atoms with E-state index in [0.29, 0.717) is 0 Å². The average Bonchev–Trinajstić information content (AvgIpc) is 2.67. The van der Waals surface area contributed by atoms with Crippen molar-refractivity contribution >= 4 is 28.0 Å². The third-order valence-corrected chi connectivity index (χ3v) is 7.20. The van der Waals surface area contributed by atoms with Crippen LogP contribution < -0.4 is 15.8 Å². The molecule has 0 saturated carbocycles. The summed E-state index contributed by atoms with van der Waals surface area (Å²) in [4.78, 5) is 24.2. The van der Waals surface area contributed by atoms with Gasteiger partial charge in [0, 0.05) is 11.3 Å². The Hall–Kier alpha value is -2.83. The molecule has 2 aromatic rings. The number of ether oxygens (including phenoxy) is 1. The number of methoxy groups -OCH3 is 1. The first-order chi connectivity index (χ1) is 13.9. The summed E-state index contributed by atoms with van der Waals surface area (Å²) in [5.41, 5.74) is 4.17. The van der Waals surface area contributed by atoms with Crippen molar-refractivity contribution in [3.8, 4) is 5.88 Å². The summed E-state index contributed by atoms with van der Waals surface area (Å²) in [6.07, 6.45) is 2.48. The number of anilines is 1. The molecule has 9 nitrogen and oxygen atoms in total. The molecule has 1 amide bonds. The smallest absolute Gasteiger partial charge is 0.275 e. The molecule has 1 aromatic heterocycles. The Balaban J connectivity index is 1.93. The van der Waals surface area contributed by atoms with Gasteiger partial charge in [-0.05, 0) is 32.0 Å². The number of carbonyl (C=O) groups is 1. The first kappa shape index (κ1) is 21.9. The second kappa shape index (κ2) is 7.45. The first-order valence-corrected chi connectivity index (χ1v) is 10.4. The lowest BCUT2D eigenvalue weighted by Gasteiger charge is -2.50. The quantitative estimate of drug-likeness (QED) is 0.571. The molecule has 1 aromatic carbocycles. The molecule has 1 aliphatic heterocycles. The van der Waals surface area contributed by atoms with Crippen LogP contribution in [0.1, 0.15) is 29.9 Å². The Bertz CT molecular complexity index is 1020. The Morgan fingerprint density at radius 1 is 1.30 bits per heavy atom. The molecule has 0 saturated heterocycles. The van der Waals surface area contributed by atoms with Crippen LogP contribution >= 0.6 is 10.6 Å². The van der Waals surface area contributed by atoms with Crippen LogP contribution in [-0.2, 0) is 5.54 Å². The zero-order valence-corrected chi connectivity index (χ0v) is 17.2. The lowest BCUT2D eigenvalue weighted by atomic mass is 9.93. The van der Waals surface area contributed by atoms with E-state index in [2.05, 4.69) is 20.3 Å². The van der Waals surface area contributed by atoms with Crippen molar-refractivity contribution < 1.29 is 27.4 Å². The summed E-state index contributed by atoms with van der Waals surface area (Å²) in [5, 5.41) is -0.0763. The highest BCUT2D eigenvalue weighted by Crippen LogP contribution is 2.60. The molecule has 5 N–H and O–H groups in total. The van der Waals surface area contributed by atoms with E-state index in [4.69, 9.17) is 10.5 Å². The zero-order valence-electron chi connectivity index (χ0n) is 16.4. The van der Waals surface area contributed by atoms with Gasteiger partial charge < -0.3 is 15.8 Å². The van der Waals surface area contributed by atoms with Crippen molar-refractivity contribution in [1.29, 1.82) is 0 Å². The number of benzene rings is 1. The lowest BCUT2D eigenvalue weighted by Crippen LogP contribution is -2.51. The fourth-order valence-corrected chi connectivity index (χ4v) is 4.64. The van der Waals surface area contributed by atoms with E-state index < -0.39 is 44.4 Å². The van der Waals surface area contributed by atoms with Crippen LogP contribution in [-0.4, -0.2) is 48.7 Å². The Morgan fingerprint density at radius 3 is 2.57 bits per heavy atom. The van der Waals surface area contributed by atoms with Gasteiger partial charge in [-0.1, -0.05) is 0 Å². The predicted molar refractivity (Wildman–Crippen MR) is 109 cm³/mol. The molecule has 2 heterocycles. The van der Waals surface area contributed by atoms with Crippen molar-refractivity contribution in [3.63, 3.8) is 0 Å². The molecule has 162 valence electrons. The van der Waals surface area contributed by atoms with Crippen LogP contribution in [0.25, 0.3) is 0 Å². The zero-order chi connectivity index (χ0) is 22.3. The van der Waals surface area contributed by atoms with E-state index in [-0.39, 0.29) is 22.8 Å². The molecule has 0 aliphatic carbocycles. The number of hydrogen-bond donors (Lipinski definition) is 4. The lowest BCUT2D eigenvalue weighted by molar-refractivity contribution is 0.102. The molecule has 1 aliphatic rings. The maximum Gasteiger partial charge on any atom is 0.275 e. The van der Waals surface area contributed by atoms with Crippen LogP contribution in [0.3, 0.4) is 0 Å². The molecule has 0 radical (unpaired) electrons. The van der Waals surface area contributed by atoms with E-state index in [0.717, 1.165) is 13.0 Å². The van der Waals surface area contributed by atoms with Gasteiger partial charge in [0.05, 0.1) is 25.3 Å². The number of alkyl halides is 1.